The number of amides is 1. The molecule has 0 spiro atoms. The molecule has 1 aliphatic heterocycles. The van der Waals surface area contributed by atoms with E-state index in [9.17, 15) is 14.7 Å². The lowest BCUT2D eigenvalue weighted by Gasteiger charge is -2.12. The van der Waals surface area contributed by atoms with Crippen LogP contribution in [0.5, 0.6) is 17.2 Å². The highest BCUT2D eigenvalue weighted by atomic mass is 79.9. The Morgan fingerprint density at radius 3 is 2.36 bits per heavy atom. The fraction of sp³-hybridized carbons (Fsp3) is 0.176. The van der Waals surface area contributed by atoms with Crippen LogP contribution in [0.15, 0.2) is 34.8 Å². The van der Waals surface area contributed by atoms with Crippen molar-refractivity contribution < 1.29 is 29.3 Å². The van der Waals surface area contributed by atoms with Gasteiger partial charge in [0.15, 0.2) is 11.5 Å². The number of carboxylic acid groups (broad SMARTS) is 1. The summed E-state index contributed by atoms with van der Waals surface area (Å²) in [6.45, 7) is 1.04. The minimum absolute atomic E-state index is 0.241. The number of carbonyl (C=O) groups is 2. The Hall–Kier alpha value is -2.74. The topological polar surface area (TPSA) is 105 Å². The van der Waals surface area contributed by atoms with Crippen LogP contribution in [0.1, 0.15) is 27.1 Å². The second kappa shape index (κ2) is 7.02. The van der Waals surface area contributed by atoms with Gasteiger partial charge in [0.05, 0.1) is 18.8 Å². The largest absolute Gasteiger partial charge is 0.507 e. The molecule has 2 aromatic carbocycles. The van der Waals surface area contributed by atoms with Gasteiger partial charge in [-0.1, -0.05) is 0 Å². The van der Waals surface area contributed by atoms with E-state index in [1.54, 1.807) is 12.1 Å². The van der Waals surface area contributed by atoms with Crippen molar-refractivity contribution in [3.63, 3.8) is 0 Å². The number of hydrogen-bond acceptors (Lipinski definition) is 5. The Bertz CT molecular complexity index is 851. The number of rotatable bonds is 3. The van der Waals surface area contributed by atoms with Crippen LogP contribution >= 0.6 is 15.9 Å². The summed E-state index contributed by atoms with van der Waals surface area (Å²) in [5, 5.41) is 21.2. The normalized spacial score (nSPS) is 13.0. The van der Waals surface area contributed by atoms with Crippen LogP contribution in [-0.2, 0) is 0 Å². The predicted octanol–water partition coefficient (Wildman–Crippen LogP) is 3.27. The quantitative estimate of drug-likeness (QED) is 0.720. The van der Waals surface area contributed by atoms with Crippen molar-refractivity contribution in [2.24, 2.45) is 0 Å². The number of carbonyl (C=O) groups excluding carboxylic acids is 1. The molecule has 3 rings (SSSR count). The summed E-state index contributed by atoms with van der Waals surface area (Å²) in [6.07, 6.45) is 0.753. The zero-order valence-electron chi connectivity index (χ0n) is 12.9. The summed E-state index contributed by atoms with van der Waals surface area (Å²) >= 11 is 3.34. The highest BCUT2D eigenvalue weighted by Crippen LogP contribution is 2.35. The van der Waals surface area contributed by atoms with E-state index in [0.29, 0.717) is 34.7 Å². The molecule has 130 valence electrons. The summed E-state index contributed by atoms with van der Waals surface area (Å²) in [6, 6.07) is 7.04. The number of aromatic hydroxyl groups is 1. The molecule has 25 heavy (non-hydrogen) atoms. The molecule has 0 saturated heterocycles. The molecule has 0 radical (unpaired) electrons. The Labute approximate surface area is 151 Å². The highest BCUT2D eigenvalue weighted by Gasteiger charge is 2.19. The van der Waals surface area contributed by atoms with E-state index < -0.39 is 17.6 Å². The second-order valence-electron chi connectivity index (χ2n) is 5.32. The number of carboxylic acids is 1. The standard InChI is InChI=1S/C17H14BrNO6/c18-12-8-15-14(24-4-1-5-25-15)7-11(12)16(21)19-9-2-3-10(17(22)23)13(20)6-9/h2-3,6-8,20H,1,4-5H2,(H,19,21)(H,22,23). The lowest BCUT2D eigenvalue weighted by Crippen LogP contribution is -2.13. The summed E-state index contributed by atoms with van der Waals surface area (Å²) in [4.78, 5) is 23.4. The highest BCUT2D eigenvalue weighted by molar-refractivity contribution is 9.10. The van der Waals surface area contributed by atoms with Gasteiger partial charge in [-0.25, -0.2) is 4.79 Å². The van der Waals surface area contributed by atoms with Gasteiger partial charge in [0.1, 0.15) is 11.3 Å². The van der Waals surface area contributed by atoms with Crippen LogP contribution in [0.25, 0.3) is 0 Å². The number of nitrogens with one attached hydrogen (secondary N) is 1. The van der Waals surface area contributed by atoms with Crippen molar-refractivity contribution >= 4 is 33.5 Å². The molecular weight excluding hydrogens is 394 g/mol. The van der Waals surface area contributed by atoms with E-state index in [1.165, 1.54) is 18.2 Å². The zero-order valence-corrected chi connectivity index (χ0v) is 14.5. The number of hydrogen-bond donors (Lipinski definition) is 3. The summed E-state index contributed by atoms with van der Waals surface area (Å²) in [5.41, 5.74) is 0.354. The lowest BCUT2D eigenvalue weighted by atomic mass is 10.1. The molecule has 0 aromatic heterocycles. The van der Waals surface area contributed by atoms with Crippen molar-refractivity contribution in [3.05, 3.63) is 45.9 Å². The Morgan fingerprint density at radius 1 is 1.04 bits per heavy atom. The molecule has 7 nitrogen and oxygen atoms in total. The average molecular weight is 408 g/mol. The molecule has 1 heterocycles. The third-order valence-electron chi connectivity index (χ3n) is 3.57. The maximum absolute atomic E-state index is 12.5. The molecule has 0 unspecified atom stereocenters. The number of phenols is 1. The number of ether oxygens (including phenoxy) is 2. The number of anilines is 1. The van der Waals surface area contributed by atoms with Crippen molar-refractivity contribution in [1.29, 1.82) is 0 Å². The number of benzene rings is 2. The van der Waals surface area contributed by atoms with Crippen LogP contribution in [0, 0.1) is 0 Å². The van der Waals surface area contributed by atoms with Gasteiger partial charge in [-0.3, -0.25) is 4.79 Å². The lowest BCUT2D eigenvalue weighted by molar-refractivity contribution is 0.0693. The molecule has 0 saturated carbocycles. The number of fused-ring (bicyclic) bond motifs is 1. The van der Waals surface area contributed by atoms with Gasteiger partial charge in [-0.05, 0) is 40.2 Å². The van der Waals surface area contributed by atoms with Gasteiger partial charge in [0.25, 0.3) is 5.91 Å². The molecule has 1 amide bonds. The minimum Gasteiger partial charge on any atom is -0.507 e. The van der Waals surface area contributed by atoms with E-state index in [0.717, 1.165) is 6.42 Å². The van der Waals surface area contributed by atoms with E-state index in [1.807, 2.05) is 0 Å². The summed E-state index contributed by atoms with van der Waals surface area (Å²) in [7, 11) is 0. The molecule has 8 heteroatoms. The van der Waals surface area contributed by atoms with Gasteiger partial charge in [-0.15, -0.1) is 0 Å². The predicted molar refractivity (Wildman–Crippen MR) is 92.8 cm³/mol. The first-order valence-electron chi connectivity index (χ1n) is 7.42. The van der Waals surface area contributed by atoms with Crippen LogP contribution in [0.3, 0.4) is 0 Å². The van der Waals surface area contributed by atoms with Crippen molar-refractivity contribution in [3.8, 4) is 17.2 Å². The second-order valence-corrected chi connectivity index (χ2v) is 6.17. The summed E-state index contributed by atoms with van der Waals surface area (Å²) < 4.78 is 11.7. The van der Waals surface area contributed by atoms with E-state index in [2.05, 4.69) is 21.2 Å². The fourth-order valence-electron chi connectivity index (χ4n) is 2.35. The van der Waals surface area contributed by atoms with E-state index in [-0.39, 0.29) is 11.3 Å². The SMILES string of the molecule is O=C(O)c1ccc(NC(=O)c2cc3c(cc2Br)OCCCO3)cc1O. The monoisotopic (exact) mass is 407 g/mol. The molecule has 0 bridgehead atoms. The summed E-state index contributed by atoms with van der Waals surface area (Å²) in [5.74, 6) is -1.08. The molecule has 1 aliphatic rings. The maximum atomic E-state index is 12.5. The van der Waals surface area contributed by atoms with Gasteiger partial charge in [-0.2, -0.15) is 0 Å². The Kier molecular flexibility index (Phi) is 4.80. The fourth-order valence-corrected chi connectivity index (χ4v) is 2.85. The first-order chi connectivity index (χ1) is 12.0. The average Bonchev–Trinajstić information content (AvgIpc) is 2.78. The van der Waals surface area contributed by atoms with Gasteiger partial charge in [0.2, 0.25) is 0 Å². The smallest absolute Gasteiger partial charge is 0.339 e. The first-order valence-corrected chi connectivity index (χ1v) is 8.22. The zero-order chi connectivity index (χ0) is 18.0. The minimum atomic E-state index is -1.25. The van der Waals surface area contributed by atoms with Gasteiger partial charge >= 0.3 is 5.97 Å². The van der Waals surface area contributed by atoms with Crippen molar-refractivity contribution in [1.82, 2.24) is 0 Å². The van der Waals surface area contributed by atoms with Crippen LogP contribution in [0.4, 0.5) is 5.69 Å². The molecule has 3 N–H and O–H groups in total. The molecule has 0 atom stereocenters. The molecular formula is C17H14BrNO6. The van der Waals surface area contributed by atoms with E-state index >= 15 is 0 Å². The van der Waals surface area contributed by atoms with Crippen molar-refractivity contribution in [2.75, 3.05) is 18.5 Å². The Balaban J connectivity index is 1.85. The third kappa shape index (κ3) is 3.69. The van der Waals surface area contributed by atoms with Gasteiger partial charge in [0, 0.05) is 22.6 Å². The molecule has 0 aliphatic carbocycles. The van der Waals surface area contributed by atoms with Crippen LogP contribution in [-0.4, -0.2) is 35.3 Å². The first kappa shape index (κ1) is 17.1. The maximum Gasteiger partial charge on any atom is 0.339 e. The van der Waals surface area contributed by atoms with Crippen molar-refractivity contribution in [2.45, 2.75) is 6.42 Å². The van der Waals surface area contributed by atoms with Gasteiger partial charge < -0.3 is 25.0 Å². The Morgan fingerprint density at radius 2 is 1.72 bits per heavy atom. The number of halogens is 1. The number of aromatic carboxylic acids is 1. The van der Waals surface area contributed by atoms with Crippen LogP contribution < -0.4 is 14.8 Å². The molecule has 2 aromatic rings. The third-order valence-corrected chi connectivity index (χ3v) is 4.22. The molecule has 0 fully saturated rings. The van der Waals surface area contributed by atoms with E-state index in [4.69, 9.17) is 14.6 Å². The van der Waals surface area contributed by atoms with Crippen LogP contribution in [0.2, 0.25) is 0 Å².